The van der Waals surface area contributed by atoms with Crippen LogP contribution in [0, 0.1) is 0 Å². The average Bonchev–Trinajstić information content (AvgIpc) is 2.85. The van der Waals surface area contributed by atoms with Crippen LogP contribution in [0.15, 0.2) is 35.5 Å². The molecule has 1 aliphatic heterocycles. The largest absolute Gasteiger partial charge is 0.327 e. The van der Waals surface area contributed by atoms with E-state index in [0.717, 1.165) is 11.3 Å². The minimum absolute atomic E-state index is 0.0175. The number of aromatic nitrogens is 4. The highest BCUT2D eigenvalue weighted by Gasteiger charge is 2.31. The van der Waals surface area contributed by atoms with Gasteiger partial charge in [0, 0.05) is 16.3 Å². The molecule has 0 saturated carbocycles. The molecule has 0 amide bonds. The van der Waals surface area contributed by atoms with Crippen molar-refractivity contribution in [3.63, 3.8) is 0 Å². The van der Waals surface area contributed by atoms with Gasteiger partial charge < -0.3 is 5.32 Å². The number of benzene rings is 1. The number of carbonyl (C=O) groups excluding carboxylic acids is 1. The zero-order valence-electron chi connectivity index (χ0n) is 11.0. The van der Waals surface area contributed by atoms with Crippen LogP contribution in [-0.4, -0.2) is 26.0 Å². The van der Waals surface area contributed by atoms with E-state index in [1.807, 2.05) is 19.1 Å². The summed E-state index contributed by atoms with van der Waals surface area (Å²) in [7, 11) is 0. The van der Waals surface area contributed by atoms with Crippen molar-refractivity contribution in [1.82, 2.24) is 20.2 Å². The van der Waals surface area contributed by atoms with Gasteiger partial charge >= 0.3 is 0 Å². The highest BCUT2D eigenvalue weighted by molar-refractivity contribution is 6.30. The molecule has 0 fully saturated rings. The number of fused-ring (bicyclic) bond motifs is 1. The molecule has 1 atom stereocenters. The SMILES string of the molecule is CC(=O)C1=C(C)Nc2nnnn2[C@@H]1c1ccc(Cl)cc1. The van der Waals surface area contributed by atoms with Crippen LogP contribution in [0.5, 0.6) is 0 Å². The Bertz CT molecular complexity index is 704. The van der Waals surface area contributed by atoms with Crippen LogP contribution in [0.2, 0.25) is 5.02 Å². The Kier molecular flexibility index (Phi) is 3.02. The summed E-state index contributed by atoms with van der Waals surface area (Å²) in [6, 6.07) is 6.99. The third kappa shape index (κ3) is 1.98. The van der Waals surface area contributed by atoms with Crippen LogP contribution in [0.25, 0.3) is 0 Å². The maximum Gasteiger partial charge on any atom is 0.248 e. The molecular weight excluding hydrogens is 278 g/mol. The molecule has 1 aliphatic rings. The van der Waals surface area contributed by atoms with E-state index in [4.69, 9.17) is 11.6 Å². The Hall–Kier alpha value is -2.21. The van der Waals surface area contributed by atoms with Crippen LogP contribution in [0.3, 0.4) is 0 Å². The summed E-state index contributed by atoms with van der Waals surface area (Å²) in [4.78, 5) is 12.0. The minimum Gasteiger partial charge on any atom is -0.327 e. The smallest absolute Gasteiger partial charge is 0.248 e. The van der Waals surface area contributed by atoms with Gasteiger partial charge in [-0.1, -0.05) is 28.8 Å². The highest BCUT2D eigenvalue weighted by Crippen LogP contribution is 2.34. The number of halogens is 1. The van der Waals surface area contributed by atoms with Gasteiger partial charge in [0.05, 0.1) is 0 Å². The van der Waals surface area contributed by atoms with E-state index in [9.17, 15) is 4.79 Å². The quantitative estimate of drug-likeness (QED) is 0.917. The number of allylic oxidation sites excluding steroid dienone is 2. The number of nitrogens with zero attached hydrogens (tertiary/aromatic N) is 4. The van der Waals surface area contributed by atoms with Crippen molar-refractivity contribution < 1.29 is 4.79 Å². The van der Waals surface area contributed by atoms with E-state index < -0.39 is 0 Å². The molecule has 0 unspecified atom stereocenters. The van der Waals surface area contributed by atoms with E-state index in [0.29, 0.717) is 16.5 Å². The molecule has 6 nitrogen and oxygen atoms in total. The Balaban J connectivity index is 2.19. The molecule has 2 aromatic rings. The van der Waals surface area contributed by atoms with Gasteiger partial charge in [0.25, 0.3) is 0 Å². The first-order valence-corrected chi connectivity index (χ1v) is 6.48. The van der Waals surface area contributed by atoms with E-state index in [1.165, 1.54) is 0 Å². The van der Waals surface area contributed by atoms with Crippen LogP contribution < -0.4 is 5.32 Å². The third-order valence-electron chi connectivity index (χ3n) is 3.28. The average molecular weight is 290 g/mol. The first-order valence-electron chi connectivity index (χ1n) is 6.10. The fourth-order valence-corrected chi connectivity index (χ4v) is 2.55. The lowest BCUT2D eigenvalue weighted by Gasteiger charge is -2.27. The van der Waals surface area contributed by atoms with Crippen LogP contribution in [0.4, 0.5) is 5.95 Å². The normalized spacial score (nSPS) is 17.6. The van der Waals surface area contributed by atoms with Crippen molar-refractivity contribution in [2.75, 3.05) is 5.32 Å². The van der Waals surface area contributed by atoms with Gasteiger partial charge in [-0.25, -0.2) is 0 Å². The highest BCUT2D eigenvalue weighted by atomic mass is 35.5. The number of rotatable bonds is 2. The maximum absolute atomic E-state index is 12.0. The number of tetrazole rings is 1. The number of ketones is 1. The Labute approximate surface area is 120 Å². The van der Waals surface area contributed by atoms with Crippen molar-refractivity contribution in [3.8, 4) is 0 Å². The molecule has 3 rings (SSSR count). The Morgan fingerprint density at radius 3 is 2.70 bits per heavy atom. The Morgan fingerprint density at radius 2 is 2.05 bits per heavy atom. The molecule has 0 aliphatic carbocycles. The Morgan fingerprint density at radius 1 is 1.35 bits per heavy atom. The number of carbonyl (C=O) groups is 1. The second-order valence-corrected chi connectivity index (χ2v) is 5.06. The molecule has 0 spiro atoms. The summed E-state index contributed by atoms with van der Waals surface area (Å²) < 4.78 is 1.60. The number of anilines is 1. The van der Waals surface area contributed by atoms with Gasteiger partial charge in [-0.2, -0.15) is 4.68 Å². The van der Waals surface area contributed by atoms with Crippen molar-refractivity contribution >= 4 is 23.3 Å². The summed E-state index contributed by atoms with van der Waals surface area (Å²) >= 11 is 5.92. The molecule has 0 radical (unpaired) electrons. The van der Waals surface area contributed by atoms with Crippen molar-refractivity contribution in [2.45, 2.75) is 19.9 Å². The molecule has 0 saturated heterocycles. The zero-order chi connectivity index (χ0) is 14.3. The lowest BCUT2D eigenvalue weighted by atomic mass is 9.93. The topological polar surface area (TPSA) is 72.7 Å². The third-order valence-corrected chi connectivity index (χ3v) is 3.53. The molecule has 1 N–H and O–H groups in total. The fourth-order valence-electron chi connectivity index (χ4n) is 2.42. The van der Waals surface area contributed by atoms with Gasteiger partial charge in [-0.3, -0.25) is 4.79 Å². The van der Waals surface area contributed by atoms with Gasteiger partial charge in [-0.15, -0.1) is 0 Å². The van der Waals surface area contributed by atoms with Crippen molar-refractivity contribution in [2.24, 2.45) is 0 Å². The number of Topliss-reactive ketones (excluding diaryl/α,β-unsaturated/α-hetero) is 1. The second-order valence-electron chi connectivity index (χ2n) is 4.62. The van der Waals surface area contributed by atoms with Gasteiger partial charge in [0.15, 0.2) is 5.78 Å². The van der Waals surface area contributed by atoms with Crippen LogP contribution >= 0.6 is 11.6 Å². The van der Waals surface area contributed by atoms with E-state index in [1.54, 1.807) is 23.7 Å². The van der Waals surface area contributed by atoms with Crippen LogP contribution in [0.1, 0.15) is 25.5 Å². The fraction of sp³-hybridized carbons (Fsp3) is 0.231. The summed E-state index contributed by atoms with van der Waals surface area (Å²) in [5.74, 6) is 0.503. The second kappa shape index (κ2) is 4.72. The molecule has 1 aromatic heterocycles. The predicted molar refractivity (Wildman–Crippen MR) is 74.4 cm³/mol. The van der Waals surface area contributed by atoms with E-state index >= 15 is 0 Å². The summed E-state index contributed by atoms with van der Waals surface area (Å²) in [5.41, 5.74) is 2.32. The summed E-state index contributed by atoms with van der Waals surface area (Å²) in [6.07, 6.45) is 0. The number of nitrogens with one attached hydrogen (secondary N) is 1. The predicted octanol–water partition coefficient (Wildman–Crippen LogP) is 2.20. The van der Waals surface area contributed by atoms with E-state index in [2.05, 4.69) is 20.8 Å². The van der Waals surface area contributed by atoms with Gasteiger partial charge in [-0.05, 0) is 42.0 Å². The first-order chi connectivity index (χ1) is 9.58. The molecule has 102 valence electrons. The van der Waals surface area contributed by atoms with Crippen molar-refractivity contribution in [3.05, 3.63) is 46.1 Å². The first kappa shape index (κ1) is 12.8. The maximum atomic E-state index is 12.0. The molecular formula is C13H12ClN5O. The lowest BCUT2D eigenvalue weighted by Crippen LogP contribution is -2.27. The van der Waals surface area contributed by atoms with Crippen LogP contribution in [-0.2, 0) is 4.79 Å². The molecule has 1 aromatic carbocycles. The minimum atomic E-state index is -0.337. The molecule has 20 heavy (non-hydrogen) atoms. The summed E-state index contributed by atoms with van der Waals surface area (Å²) in [5, 5.41) is 15.2. The number of hydrogen-bond acceptors (Lipinski definition) is 5. The monoisotopic (exact) mass is 289 g/mol. The van der Waals surface area contributed by atoms with E-state index in [-0.39, 0.29) is 11.8 Å². The molecule has 2 heterocycles. The van der Waals surface area contributed by atoms with Gasteiger partial charge in [0.2, 0.25) is 5.95 Å². The zero-order valence-corrected chi connectivity index (χ0v) is 11.7. The molecule has 0 bridgehead atoms. The van der Waals surface area contributed by atoms with Crippen molar-refractivity contribution in [1.29, 1.82) is 0 Å². The molecule has 7 heteroatoms. The number of hydrogen-bond donors (Lipinski definition) is 1. The summed E-state index contributed by atoms with van der Waals surface area (Å²) in [6.45, 7) is 3.39. The van der Waals surface area contributed by atoms with Gasteiger partial charge in [0.1, 0.15) is 6.04 Å². The lowest BCUT2D eigenvalue weighted by molar-refractivity contribution is -0.114. The standard InChI is InChI=1S/C13H12ClN5O/c1-7-11(8(2)20)12(9-3-5-10(14)6-4-9)19-13(15-7)16-17-18-19/h3-6,12H,1-2H3,(H,15,16,18)/t12-/m1/s1.